The summed E-state index contributed by atoms with van der Waals surface area (Å²) in [6.45, 7) is 4.32. The van der Waals surface area contributed by atoms with Crippen LogP contribution in [0.1, 0.15) is 20.3 Å². The van der Waals surface area contributed by atoms with Gasteiger partial charge in [0.05, 0.1) is 0 Å². The van der Waals surface area contributed by atoms with E-state index in [4.69, 9.17) is 4.74 Å². The summed E-state index contributed by atoms with van der Waals surface area (Å²) < 4.78 is 5.01. The molecule has 6 nitrogen and oxygen atoms in total. The van der Waals surface area contributed by atoms with Gasteiger partial charge in [0.25, 0.3) is 0 Å². The van der Waals surface area contributed by atoms with Crippen LogP contribution in [0.2, 0.25) is 0 Å². The zero-order valence-corrected chi connectivity index (χ0v) is 9.58. The van der Waals surface area contributed by atoms with Crippen LogP contribution < -0.4 is 5.32 Å². The van der Waals surface area contributed by atoms with Crippen molar-refractivity contribution in [3.8, 4) is 0 Å². The Balaban J connectivity index is 2.47. The summed E-state index contributed by atoms with van der Waals surface area (Å²) in [6.07, 6.45) is -5.29. The minimum absolute atomic E-state index is 0.261. The van der Waals surface area contributed by atoms with Gasteiger partial charge in [-0.15, -0.1) is 0 Å². The summed E-state index contributed by atoms with van der Waals surface area (Å²) >= 11 is 0. The fourth-order valence-electron chi connectivity index (χ4n) is 1.56. The van der Waals surface area contributed by atoms with Crippen molar-refractivity contribution in [3.05, 3.63) is 0 Å². The average molecular weight is 235 g/mol. The SMILES string of the molecule is CCC(C)NC[C@H]1OC(O)[C@H](O)[C@@H](O)[C@@H]1O. The predicted octanol–water partition coefficient (Wildman–Crippen LogP) is -1.83. The number of hydrogen-bond acceptors (Lipinski definition) is 6. The fourth-order valence-corrected chi connectivity index (χ4v) is 1.56. The highest BCUT2D eigenvalue weighted by molar-refractivity contribution is 4.89. The minimum Gasteiger partial charge on any atom is -0.388 e. The Bertz CT molecular complexity index is 215. The van der Waals surface area contributed by atoms with E-state index in [0.29, 0.717) is 6.54 Å². The summed E-state index contributed by atoms with van der Waals surface area (Å²) in [6, 6.07) is 0.261. The van der Waals surface area contributed by atoms with Gasteiger partial charge < -0.3 is 30.5 Å². The Kier molecular flexibility index (Phi) is 5.10. The Labute approximate surface area is 94.9 Å². The van der Waals surface area contributed by atoms with E-state index in [1.54, 1.807) is 0 Å². The first-order chi connectivity index (χ1) is 7.47. The van der Waals surface area contributed by atoms with E-state index in [2.05, 4.69) is 5.32 Å². The summed E-state index contributed by atoms with van der Waals surface area (Å²) in [5.74, 6) is 0. The zero-order valence-electron chi connectivity index (χ0n) is 9.58. The van der Waals surface area contributed by atoms with Crippen LogP contribution in [-0.2, 0) is 4.74 Å². The van der Waals surface area contributed by atoms with Crippen molar-refractivity contribution in [2.45, 2.75) is 57.0 Å². The number of nitrogens with one attached hydrogen (secondary N) is 1. The molecule has 1 aliphatic rings. The molecule has 1 saturated heterocycles. The van der Waals surface area contributed by atoms with Gasteiger partial charge in [-0.25, -0.2) is 0 Å². The molecule has 96 valence electrons. The minimum atomic E-state index is -1.46. The normalized spacial score (nSPS) is 42.0. The van der Waals surface area contributed by atoms with Crippen LogP contribution in [-0.4, -0.2) is 63.7 Å². The van der Waals surface area contributed by atoms with Gasteiger partial charge >= 0.3 is 0 Å². The smallest absolute Gasteiger partial charge is 0.184 e. The molecule has 0 saturated carbocycles. The zero-order chi connectivity index (χ0) is 12.3. The molecule has 5 N–H and O–H groups in total. The Morgan fingerprint density at radius 2 is 1.75 bits per heavy atom. The summed E-state index contributed by atoms with van der Waals surface area (Å²) in [5.41, 5.74) is 0. The van der Waals surface area contributed by atoms with Gasteiger partial charge in [-0.3, -0.25) is 0 Å². The molecule has 1 heterocycles. The van der Waals surface area contributed by atoms with Gasteiger partial charge in [-0.05, 0) is 13.3 Å². The van der Waals surface area contributed by atoms with E-state index in [1.165, 1.54) is 0 Å². The van der Waals surface area contributed by atoms with Crippen LogP contribution in [0.5, 0.6) is 0 Å². The van der Waals surface area contributed by atoms with Gasteiger partial charge in [0.2, 0.25) is 0 Å². The Hall–Kier alpha value is -0.240. The third-order valence-electron chi connectivity index (χ3n) is 2.97. The maximum absolute atomic E-state index is 9.63. The molecule has 0 radical (unpaired) electrons. The lowest BCUT2D eigenvalue weighted by molar-refractivity contribution is -0.280. The number of hydrogen-bond donors (Lipinski definition) is 5. The molecule has 0 aromatic carbocycles. The highest BCUT2D eigenvalue weighted by Crippen LogP contribution is 2.19. The molecule has 0 bridgehead atoms. The molecule has 0 spiro atoms. The third kappa shape index (κ3) is 3.13. The van der Waals surface area contributed by atoms with E-state index >= 15 is 0 Å². The van der Waals surface area contributed by atoms with Crippen molar-refractivity contribution >= 4 is 0 Å². The number of rotatable bonds is 4. The van der Waals surface area contributed by atoms with E-state index in [9.17, 15) is 20.4 Å². The molecule has 2 unspecified atom stereocenters. The monoisotopic (exact) mass is 235 g/mol. The molecule has 0 aromatic rings. The first-order valence-electron chi connectivity index (χ1n) is 5.58. The molecule has 1 rings (SSSR count). The highest BCUT2D eigenvalue weighted by Gasteiger charge is 2.42. The Morgan fingerprint density at radius 1 is 1.12 bits per heavy atom. The topological polar surface area (TPSA) is 102 Å². The van der Waals surface area contributed by atoms with Gasteiger partial charge in [0.1, 0.15) is 24.4 Å². The lowest BCUT2D eigenvalue weighted by Crippen LogP contribution is -2.60. The van der Waals surface area contributed by atoms with Gasteiger partial charge in [0.15, 0.2) is 6.29 Å². The second-order valence-corrected chi connectivity index (χ2v) is 4.25. The lowest BCUT2D eigenvalue weighted by atomic mass is 9.99. The van der Waals surface area contributed by atoms with E-state index in [1.807, 2.05) is 13.8 Å². The lowest BCUT2D eigenvalue weighted by Gasteiger charge is -2.38. The van der Waals surface area contributed by atoms with E-state index < -0.39 is 30.7 Å². The largest absolute Gasteiger partial charge is 0.388 e. The van der Waals surface area contributed by atoms with Crippen LogP contribution in [0, 0.1) is 0 Å². The van der Waals surface area contributed by atoms with Crippen LogP contribution in [0.3, 0.4) is 0 Å². The van der Waals surface area contributed by atoms with E-state index in [-0.39, 0.29) is 6.04 Å². The van der Waals surface area contributed by atoms with Crippen molar-refractivity contribution in [3.63, 3.8) is 0 Å². The van der Waals surface area contributed by atoms with Crippen LogP contribution in [0.4, 0.5) is 0 Å². The second kappa shape index (κ2) is 5.90. The molecule has 6 atom stereocenters. The van der Waals surface area contributed by atoms with Gasteiger partial charge in [0, 0.05) is 12.6 Å². The van der Waals surface area contributed by atoms with Gasteiger partial charge in [-0.1, -0.05) is 6.92 Å². The van der Waals surface area contributed by atoms with Crippen LogP contribution in [0.25, 0.3) is 0 Å². The summed E-state index contributed by atoms with van der Waals surface area (Å²) in [7, 11) is 0. The Morgan fingerprint density at radius 3 is 2.31 bits per heavy atom. The number of ether oxygens (including phenoxy) is 1. The van der Waals surface area contributed by atoms with Crippen LogP contribution in [0.15, 0.2) is 0 Å². The molecule has 1 fully saturated rings. The third-order valence-corrected chi connectivity index (χ3v) is 2.97. The molecule has 0 aliphatic carbocycles. The average Bonchev–Trinajstić information content (AvgIpc) is 2.28. The van der Waals surface area contributed by atoms with Crippen molar-refractivity contribution in [1.82, 2.24) is 5.32 Å². The maximum Gasteiger partial charge on any atom is 0.184 e. The molecule has 6 heteroatoms. The molecule has 16 heavy (non-hydrogen) atoms. The second-order valence-electron chi connectivity index (χ2n) is 4.25. The molecule has 1 aliphatic heterocycles. The predicted molar refractivity (Wildman–Crippen MR) is 56.7 cm³/mol. The van der Waals surface area contributed by atoms with Crippen molar-refractivity contribution in [1.29, 1.82) is 0 Å². The highest BCUT2D eigenvalue weighted by atomic mass is 16.6. The standard InChI is InChI=1S/C10H21NO5/c1-3-5(2)11-4-6-7(12)8(13)9(14)10(15)16-6/h5-15H,3-4H2,1-2H3/t5?,6-,7-,8+,9-,10?/m1/s1. The first kappa shape index (κ1) is 13.8. The van der Waals surface area contributed by atoms with Crippen molar-refractivity contribution in [2.24, 2.45) is 0 Å². The van der Waals surface area contributed by atoms with Gasteiger partial charge in [-0.2, -0.15) is 0 Å². The quantitative estimate of drug-likeness (QED) is 0.393. The number of aliphatic hydroxyl groups excluding tert-OH is 4. The summed E-state index contributed by atoms with van der Waals surface area (Å²) in [5, 5.41) is 40.7. The fraction of sp³-hybridized carbons (Fsp3) is 1.00. The molecule has 0 aromatic heterocycles. The maximum atomic E-state index is 9.63. The molecular weight excluding hydrogens is 214 g/mol. The van der Waals surface area contributed by atoms with Crippen molar-refractivity contribution in [2.75, 3.05) is 6.54 Å². The molecule has 0 amide bonds. The van der Waals surface area contributed by atoms with Crippen molar-refractivity contribution < 1.29 is 25.2 Å². The van der Waals surface area contributed by atoms with E-state index in [0.717, 1.165) is 6.42 Å². The molecular formula is C10H21NO5. The summed E-state index contributed by atoms with van der Waals surface area (Å²) in [4.78, 5) is 0. The number of aliphatic hydroxyl groups is 4. The first-order valence-corrected chi connectivity index (χ1v) is 5.58. The van der Waals surface area contributed by atoms with Crippen LogP contribution >= 0.6 is 0 Å².